The first-order valence-corrected chi connectivity index (χ1v) is 5.86. The molecule has 0 radical (unpaired) electrons. The number of amides is 1. The summed E-state index contributed by atoms with van der Waals surface area (Å²) < 4.78 is 0. The van der Waals surface area contributed by atoms with E-state index >= 15 is 0 Å². The molecule has 0 saturated heterocycles. The molecule has 1 amide bonds. The Labute approximate surface area is 95.7 Å². The Morgan fingerprint density at radius 2 is 2.44 bits per heavy atom. The average molecular weight is 219 g/mol. The van der Waals surface area contributed by atoms with Crippen LogP contribution in [0.25, 0.3) is 0 Å². The van der Waals surface area contributed by atoms with Crippen molar-refractivity contribution in [2.24, 2.45) is 0 Å². The van der Waals surface area contributed by atoms with Crippen LogP contribution in [-0.2, 0) is 17.8 Å². The van der Waals surface area contributed by atoms with Gasteiger partial charge in [-0.05, 0) is 6.42 Å². The molecular weight excluding hydrogens is 202 g/mol. The third-order valence-electron chi connectivity index (χ3n) is 2.96. The van der Waals surface area contributed by atoms with Crippen LogP contribution in [0.1, 0.15) is 37.4 Å². The summed E-state index contributed by atoms with van der Waals surface area (Å²) in [6, 6.07) is 0. The minimum atomic E-state index is 0.261. The monoisotopic (exact) mass is 219 g/mol. The van der Waals surface area contributed by atoms with Crippen LogP contribution in [0.15, 0.2) is 12.5 Å². The zero-order chi connectivity index (χ0) is 11.4. The lowest BCUT2D eigenvalue weighted by atomic mass is 10.1. The number of hydrogen-bond donors (Lipinski definition) is 0. The van der Waals surface area contributed by atoms with Crippen LogP contribution in [0.3, 0.4) is 0 Å². The molecule has 1 aliphatic heterocycles. The van der Waals surface area contributed by atoms with Crippen molar-refractivity contribution in [1.82, 2.24) is 14.9 Å². The van der Waals surface area contributed by atoms with E-state index in [1.807, 2.05) is 11.1 Å². The molecule has 0 fully saturated rings. The van der Waals surface area contributed by atoms with Gasteiger partial charge in [0, 0.05) is 37.7 Å². The van der Waals surface area contributed by atoms with E-state index in [1.165, 1.54) is 0 Å². The molecule has 0 aromatic carbocycles. The van der Waals surface area contributed by atoms with E-state index in [1.54, 1.807) is 6.33 Å². The highest BCUT2D eigenvalue weighted by Gasteiger charge is 2.20. The summed E-state index contributed by atoms with van der Waals surface area (Å²) in [5.74, 6) is 0.261. The molecule has 0 N–H and O–H groups in total. The summed E-state index contributed by atoms with van der Waals surface area (Å²) in [4.78, 5) is 22.0. The Morgan fingerprint density at radius 1 is 1.56 bits per heavy atom. The van der Waals surface area contributed by atoms with Crippen molar-refractivity contribution in [2.75, 3.05) is 6.54 Å². The van der Waals surface area contributed by atoms with Gasteiger partial charge in [0.25, 0.3) is 0 Å². The number of carbonyl (C=O) groups excluding carboxylic acids is 1. The van der Waals surface area contributed by atoms with Crippen molar-refractivity contribution in [3.05, 3.63) is 23.8 Å². The van der Waals surface area contributed by atoms with E-state index in [0.717, 1.165) is 37.1 Å². The number of carbonyl (C=O) groups is 1. The third-order valence-corrected chi connectivity index (χ3v) is 2.96. The molecule has 1 aromatic heterocycles. The maximum absolute atomic E-state index is 11.9. The van der Waals surface area contributed by atoms with E-state index in [-0.39, 0.29) is 5.91 Å². The van der Waals surface area contributed by atoms with Crippen molar-refractivity contribution < 1.29 is 4.79 Å². The molecule has 1 aliphatic rings. The molecule has 0 bridgehead atoms. The molecule has 2 rings (SSSR count). The van der Waals surface area contributed by atoms with Gasteiger partial charge in [0.05, 0.1) is 5.69 Å². The van der Waals surface area contributed by atoms with Crippen molar-refractivity contribution in [1.29, 1.82) is 0 Å². The molecule has 0 spiro atoms. The van der Waals surface area contributed by atoms with Gasteiger partial charge in [-0.1, -0.05) is 13.3 Å². The van der Waals surface area contributed by atoms with Gasteiger partial charge in [-0.15, -0.1) is 0 Å². The first kappa shape index (κ1) is 11.0. The zero-order valence-electron chi connectivity index (χ0n) is 9.65. The summed E-state index contributed by atoms with van der Waals surface area (Å²) in [5.41, 5.74) is 2.19. The minimum absolute atomic E-state index is 0.261. The van der Waals surface area contributed by atoms with Gasteiger partial charge in [-0.3, -0.25) is 4.79 Å². The summed E-state index contributed by atoms with van der Waals surface area (Å²) in [6.07, 6.45) is 6.97. The largest absolute Gasteiger partial charge is 0.338 e. The highest BCUT2D eigenvalue weighted by atomic mass is 16.2. The second kappa shape index (κ2) is 5.05. The SMILES string of the molecule is CCCCC(=O)N1CCc2ncncc2C1. The van der Waals surface area contributed by atoms with Crippen LogP contribution in [0, 0.1) is 0 Å². The van der Waals surface area contributed by atoms with E-state index in [4.69, 9.17) is 0 Å². The quantitative estimate of drug-likeness (QED) is 0.775. The molecule has 4 nitrogen and oxygen atoms in total. The zero-order valence-corrected chi connectivity index (χ0v) is 9.65. The standard InChI is InChI=1S/C12H17N3O/c1-2-3-4-12(16)15-6-5-11-10(8-15)7-13-9-14-11/h7,9H,2-6,8H2,1H3. The van der Waals surface area contributed by atoms with Crippen LogP contribution in [-0.4, -0.2) is 27.3 Å². The number of hydrogen-bond acceptors (Lipinski definition) is 3. The smallest absolute Gasteiger partial charge is 0.222 e. The average Bonchev–Trinajstić information content (AvgIpc) is 2.35. The molecule has 1 aromatic rings. The van der Waals surface area contributed by atoms with Crippen LogP contribution in [0.2, 0.25) is 0 Å². The van der Waals surface area contributed by atoms with Crippen molar-refractivity contribution in [3.63, 3.8) is 0 Å². The van der Waals surface area contributed by atoms with Gasteiger partial charge in [-0.25, -0.2) is 9.97 Å². The van der Waals surface area contributed by atoms with Crippen molar-refractivity contribution in [2.45, 2.75) is 39.2 Å². The Bertz CT molecular complexity index is 378. The topological polar surface area (TPSA) is 46.1 Å². The first-order valence-electron chi connectivity index (χ1n) is 5.86. The molecule has 86 valence electrons. The molecule has 4 heteroatoms. The first-order chi connectivity index (χ1) is 7.81. The van der Waals surface area contributed by atoms with Crippen molar-refractivity contribution in [3.8, 4) is 0 Å². The molecule has 0 aliphatic carbocycles. The molecule has 0 atom stereocenters. The number of rotatable bonds is 3. The summed E-state index contributed by atoms with van der Waals surface area (Å²) in [7, 11) is 0. The minimum Gasteiger partial charge on any atom is -0.338 e. The fraction of sp³-hybridized carbons (Fsp3) is 0.583. The number of nitrogens with zero attached hydrogens (tertiary/aromatic N) is 3. The fourth-order valence-electron chi connectivity index (χ4n) is 1.97. The Hall–Kier alpha value is -1.45. The normalized spacial score (nSPS) is 14.7. The summed E-state index contributed by atoms with van der Waals surface area (Å²) >= 11 is 0. The Balaban J connectivity index is 1.99. The molecule has 16 heavy (non-hydrogen) atoms. The third kappa shape index (κ3) is 2.38. The molecule has 0 saturated carbocycles. The van der Waals surface area contributed by atoms with Crippen LogP contribution >= 0.6 is 0 Å². The molecule has 2 heterocycles. The van der Waals surface area contributed by atoms with Gasteiger partial charge >= 0.3 is 0 Å². The maximum atomic E-state index is 11.9. The number of aromatic nitrogens is 2. The van der Waals surface area contributed by atoms with E-state index in [0.29, 0.717) is 13.0 Å². The lowest BCUT2D eigenvalue weighted by molar-refractivity contribution is -0.132. The Kier molecular flexibility index (Phi) is 3.49. The van der Waals surface area contributed by atoms with Gasteiger partial charge < -0.3 is 4.90 Å². The van der Waals surface area contributed by atoms with Crippen LogP contribution in [0.5, 0.6) is 0 Å². The number of fused-ring (bicyclic) bond motifs is 1. The van der Waals surface area contributed by atoms with E-state index < -0.39 is 0 Å². The van der Waals surface area contributed by atoms with Gasteiger partial charge in [0.1, 0.15) is 6.33 Å². The van der Waals surface area contributed by atoms with Gasteiger partial charge in [-0.2, -0.15) is 0 Å². The van der Waals surface area contributed by atoms with E-state index in [2.05, 4.69) is 16.9 Å². The summed E-state index contributed by atoms with van der Waals surface area (Å²) in [5, 5.41) is 0. The predicted molar refractivity (Wildman–Crippen MR) is 60.7 cm³/mol. The molecule has 0 unspecified atom stereocenters. The fourth-order valence-corrected chi connectivity index (χ4v) is 1.97. The second-order valence-corrected chi connectivity index (χ2v) is 4.16. The maximum Gasteiger partial charge on any atom is 0.222 e. The van der Waals surface area contributed by atoms with E-state index in [9.17, 15) is 4.79 Å². The number of unbranched alkanes of at least 4 members (excludes halogenated alkanes) is 1. The molecular formula is C12H17N3O. The Morgan fingerprint density at radius 3 is 3.25 bits per heavy atom. The summed E-state index contributed by atoms with van der Waals surface area (Å²) in [6.45, 7) is 3.58. The lowest BCUT2D eigenvalue weighted by Gasteiger charge is -2.27. The lowest BCUT2D eigenvalue weighted by Crippen LogP contribution is -2.36. The van der Waals surface area contributed by atoms with Crippen molar-refractivity contribution >= 4 is 5.91 Å². The van der Waals surface area contributed by atoms with Crippen LogP contribution < -0.4 is 0 Å². The van der Waals surface area contributed by atoms with Gasteiger partial charge in [0.15, 0.2) is 0 Å². The van der Waals surface area contributed by atoms with Gasteiger partial charge in [0.2, 0.25) is 5.91 Å². The van der Waals surface area contributed by atoms with Crippen LogP contribution in [0.4, 0.5) is 0 Å². The second-order valence-electron chi connectivity index (χ2n) is 4.16. The highest BCUT2D eigenvalue weighted by molar-refractivity contribution is 5.76. The predicted octanol–water partition coefficient (Wildman–Crippen LogP) is 1.55. The highest BCUT2D eigenvalue weighted by Crippen LogP contribution is 2.16.